The predicted molar refractivity (Wildman–Crippen MR) is 56.8 cm³/mol. The van der Waals surface area contributed by atoms with Gasteiger partial charge in [0, 0.05) is 6.54 Å². The molecule has 0 spiro atoms. The summed E-state index contributed by atoms with van der Waals surface area (Å²) in [5, 5.41) is 0. The largest absolute Gasteiger partial charge is 0.494 e. The molecule has 1 aromatic carbocycles. The van der Waals surface area contributed by atoms with Gasteiger partial charge in [-0.1, -0.05) is 6.92 Å². The lowest BCUT2D eigenvalue weighted by Crippen LogP contribution is -2.10. The second kappa shape index (κ2) is 6.27. The first-order chi connectivity index (χ1) is 6.86. The smallest absolute Gasteiger partial charge is 0.119 e. The minimum atomic E-state index is 0.536. The Labute approximate surface area is 84.8 Å². The number of benzene rings is 1. The van der Waals surface area contributed by atoms with Crippen molar-refractivity contribution in [2.24, 2.45) is 5.73 Å². The first-order valence-corrected chi connectivity index (χ1v) is 4.92. The van der Waals surface area contributed by atoms with E-state index >= 15 is 0 Å². The summed E-state index contributed by atoms with van der Waals surface area (Å²) >= 11 is 0. The predicted octanol–water partition coefficient (Wildman–Crippen LogP) is 1.81. The number of ether oxygens (including phenoxy) is 2. The zero-order chi connectivity index (χ0) is 10.2. The molecule has 0 fully saturated rings. The van der Waals surface area contributed by atoms with Crippen LogP contribution < -0.4 is 15.2 Å². The molecule has 0 heterocycles. The fourth-order valence-electron chi connectivity index (χ4n) is 1.03. The van der Waals surface area contributed by atoms with Gasteiger partial charge in [0.15, 0.2) is 0 Å². The molecule has 14 heavy (non-hydrogen) atoms. The highest BCUT2D eigenvalue weighted by Gasteiger charge is 1.94. The molecule has 0 aliphatic carbocycles. The van der Waals surface area contributed by atoms with Gasteiger partial charge in [0.05, 0.1) is 6.61 Å². The van der Waals surface area contributed by atoms with E-state index in [1.54, 1.807) is 0 Å². The van der Waals surface area contributed by atoms with E-state index in [-0.39, 0.29) is 0 Å². The molecule has 0 aliphatic rings. The Bertz CT molecular complexity index is 219. The van der Waals surface area contributed by atoms with E-state index in [1.165, 1.54) is 0 Å². The average Bonchev–Trinajstić information content (AvgIpc) is 2.25. The van der Waals surface area contributed by atoms with Crippen LogP contribution in [0.3, 0.4) is 0 Å². The van der Waals surface area contributed by atoms with E-state index in [4.69, 9.17) is 15.2 Å². The van der Waals surface area contributed by atoms with Crippen LogP contribution in [0.2, 0.25) is 0 Å². The third-order valence-electron chi connectivity index (χ3n) is 1.68. The van der Waals surface area contributed by atoms with Gasteiger partial charge in [-0.05, 0) is 30.7 Å². The number of rotatable bonds is 6. The van der Waals surface area contributed by atoms with Crippen LogP contribution in [0.25, 0.3) is 0 Å². The molecule has 0 radical (unpaired) electrons. The fourth-order valence-corrected chi connectivity index (χ4v) is 1.03. The molecule has 0 saturated heterocycles. The van der Waals surface area contributed by atoms with Crippen molar-refractivity contribution in [3.8, 4) is 11.5 Å². The summed E-state index contributed by atoms with van der Waals surface area (Å²) in [6.07, 6.45) is 1.02. The lowest BCUT2D eigenvalue weighted by Gasteiger charge is -2.06. The molecule has 0 aliphatic heterocycles. The van der Waals surface area contributed by atoms with Gasteiger partial charge in [-0.25, -0.2) is 0 Å². The third kappa shape index (κ3) is 3.66. The van der Waals surface area contributed by atoms with Crippen molar-refractivity contribution in [3.63, 3.8) is 0 Å². The summed E-state index contributed by atoms with van der Waals surface area (Å²) in [7, 11) is 0. The lowest BCUT2D eigenvalue weighted by atomic mass is 10.3. The highest BCUT2D eigenvalue weighted by Crippen LogP contribution is 2.17. The molecule has 0 saturated carbocycles. The van der Waals surface area contributed by atoms with Gasteiger partial charge in [-0.2, -0.15) is 0 Å². The Morgan fingerprint density at radius 1 is 1.00 bits per heavy atom. The Balaban J connectivity index is 2.42. The van der Waals surface area contributed by atoms with E-state index in [0.717, 1.165) is 24.5 Å². The Kier molecular flexibility index (Phi) is 4.86. The van der Waals surface area contributed by atoms with Crippen LogP contribution in [-0.4, -0.2) is 19.8 Å². The molecule has 0 bridgehead atoms. The summed E-state index contributed by atoms with van der Waals surface area (Å²) in [5.74, 6) is 1.71. The molecule has 1 rings (SSSR count). The lowest BCUT2D eigenvalue weighted by molar-refractivity contribution is 0.312. The zero-order valence-electron chi connectivity index (χ0n) is 8.53. The molecule has 3 nitrogen and oxygen atoms in total. The third-order valence-corrected chi connectivity index (χ3v) is 1.68. The van der Waals surface area contributed by atoms with Crippen molar-refractivity contribution >= 4 is 0 Å². The van der Waals surface area contributed by atoms with Crippen LogP contribution >= 0.6 is 0 Å². The quantitative estimate of drug-likeness (QED) is 0.753. The standard InChI is InChI=1S/C11H17NO2/c1-2-8-13-10-3-5-11(6-4-10)14-9-7-12/h3-6H,2,7-9,12H2,1H3. The van der Waals surface area contributed by atoms with Gasteiger partial charge in [-0.15, -0.1) is 0 Å². The summed E-state index contributed by atoms with van der Waals surface area (Å²) in [4.78, 5) is 0. The Morgan fingerprint density at radius 2 is 1.50 bits per heavy atom. The molecule has 0 amide bonds. The summed E-state index contributed by atoms with van der Waals surface area (Å²) in [6.45, 7) is 3.92. The summed E-state index contributed by atoms with van der Waals surface area (Å²) in [6, 6.07) is 7.59. The minimum absolute atomic E-state index is 0.536. The van der Waals surface area contributed by atoms with Crippen molar-refractivity contribution in [2.45, 2.75) is 13.3 Å². The zero-order valence-corrected chi connectivity index (χ0v) is 8.53. The van der Waals surface area contributed by atoms with Crippen LogP contribution in [0, 0.1) is 0 Å². The molecule has 3 heteroatoms. The molecule has 1 aromatic rings. The maximum atomic E-state index is 5.43. The number of hydrogen-bond donors (Lipinski definition) is 1. The van der Waals surface area contributed by atoms with Gasteiger partial charge in [0.1, 0.15) is 18.1 Å². The molecule has 78 valence electrons. The Hall–Kier alpha value is -1.22. The Morgan fingerprint density at radius 3 is 1.93 bits per heavy atom. The second-order valence-corrected chi connectivity index (χ2v) is 2.96. The molecule has 0 aromatic heterocycles. The number of nitrogens with two attached hydrogens (primary N) is 1. The van der Waals surface area contributed by atoms with E-state index in [2.05, 4.69) is 6.92 Å². The van der Waals surface area contributed by atoms with Gasteiger partial charge in [-0.3, -0.25) is 0 Å². The topological polar surface area (TPSA) is 44.5 Å². The fraction of sp³-hybridized carbons (Fsp3) is 0.455. The number of hydrogen-bond acceptors (Lipinski definition) is 3. The van der Waals surface area contributed by atoms with Crippen molar-refractivity contribution in [1.29, 1.82) is 0 Å². The average molecular weight is 195 g/mol. The van der Waals surface area contributed by atoms with E-state index in [1.807, 2.05) is 24.3 Å². The van der Waals surface area contributed by atoms with Crippen LogP contribution in [0.4, 0.5) is 0 Å². The second-order valence-electron chi connectivity index (χ2n) is 2.96. The van der Waals surface area contributed by atoms with Crippen molar-refractivity contribution in [3.05, 3.63) is 24.3 Å². The van der Waals surface area contributed by atoms with E-state index < -0.39 is 0 Å². The minimum Gasteiger partial charge on any atom is -0.494 e. The maximum absolute atomic E-state index is 5.43. The highest BCUT2D eigenvalue weighted by atomic mass is 16.5. The first-order valence-electron chi connectivity index (χ1n) is 4.92. The molecular weight excluding hydrogens is 178 g/mol. The van der Waals surface area contributed by atoms with Gasteiger partial charge < -0.3 is 15.2 Å². The van der Waals surface area contributed by atoms with Gasteiger partial charge in [0.25, 0.3) is 0 Å². The van der Waals surface area contributed by atoms with Crippen molar-refractivity contribution in [2.75, 3.05) is 19.8 Å². The van der Waals surface area contributed by atoms with E-state index in [9.17, 15) is 0 Å². The normalized spacial score (nSPS) is 9.86. The van der Waals surface area contributed by atoms with Crippen LogP contribution in [0.1, 0.15) is 13.3 Å². The SMILES string of the molecule is CCCOc1ccc(OCCN)cc1. The van der Waals surface area contributed by atoms with Crippen LogP contribution in [0.15, 0.2) is 24.3 Å². The van der Waals surface area contributed by atoms with Crippen LogP contribution in [-0.2, 0) is 0 Å². The molecular formula is C11H17NO2. The summed E-state index contributed by atoms with van der Waals surface area (Å²) in [5.41, 5.74) is 5.32. The van der Waals surface area contributed by atoms with Gasteiger partial charge >= 0.3 is 0 Å². The van der Waals surface area contributed by atoms with Crippen LogP contribution in [0.5, 0.6) is 11.5 Å². The van der Waals surface area contributed by atoms with E-state index in [0.29, 0.717) is 13.2 Å². The molecule has 2 N–H and O–H groups in total. The van der Waals surface area contributed by atoms with Gasteiger partial charge in [0.2, 0.25) is 0 Å². The van der Waals surface area contributed by atoms with Crippen molar-refractivity contribution < 1.29 is 9.47 Å². The first kappa shape index (κ1) is 10.9. The highest BCUT2D eigenvalue weighted by molar-refractivity contribution is 5.31. The monoisotopic (exact) mass is 195 g/mol. The maximum Gasteiger partial charge on any atom is 0.119 e. The molecule has 0 atom stereocenters. The molecule has 0 unspecified atom stereocenters. The summed E-state index contributed by atoms with van der Waals surface area (Å²) < 4.78 is 10.8. The van der Waals surface area contributed by atoms with Crippen molar-refractivity contribution in [1.82, 2.24) is 0 Å².